The summed E-state index contributed by atoms with van der Waals surface area (Å²) in [6, 6.07) is 9.38. The Labute approximate surface area is 182 Å². The number of aromatic amines is 1. The Kier molecular flexibility index (Phi) is 5.25. The molecule has 4 rings (SSSR count). The van der Waals surface area contributed by atoms with Crippen molar-refractivity contribution in [2.45, 2.75) is 26.2 Å². The Hall–Kier alpha value is -3.27. The number of hydrogen-bond acceptors (Lipinski definition) is 8. The number of nitrogens with one attached hydrogen (secondary N) is 2. The molecule has 9 nitrogen and oxygen atoms in total. The molecule has 0 aromatic carbocycles. The monoisotopic (exact) mass is 468 g/mol. The molecule has 4 aromatic rings. The van der Waals surface area contributed by atoms with Gasteiger partial charge in [-0.05, 0) is 28.1 Å². The molecule has 154 valence electrons. The molecule has 0 radical (unpaired) electrons. The second-order valence-corrected chi connectivity index (χ2v) is 8.59. The van der Waals surface area contributed by atoms with E-state index < -0.39 is 0 Å². The molecule has 0 spiro atoms. The minimum absolute atomic E-state index is 0.0290. The number of anilines is 4. The third kappa shape index (κ3) is 4.18. The highest BCUT2D eigenvalue weighted by molar-refractivity contribution is 9.10. The lowest BCUT2D eigenvalue weighted by molar-refractivity contribution is 0.427. The van der Waals surface area contributed by atoms with Gasteiger partial charge in [0.2, 0.25) is 11.8 Å². The number of H-pyrrole nitrogens is 1. The van der Waals surface area contributed by atoms with Crippen molar-refractivity contribution >= 4 is 39.4 Å². The van der Waals surface area contributed by atoms with Crippen LogP contribution in [-0.4, -0.2) is 37.4 Å². The van der Waals surface area contributed by atoms with Gasteiger partial charge in [0, 0.05) is 42.7 Å². The second kappa shape index (κ2) is 7.86. The summed E-state index contributed by atoms with van der Waals surface area (Å²) in [5, 5.41) is 14.7. The minimum Gasteiger partial charge on any atom is -0.338 e. The largest absolute Gasteiger partial charge is 0.338 e. The van der Waals surface area contributed by atoms with E-state index in [0.717, 1.165) is 11.4 Å². The number of pyridine rings is 1. The number of nitrogens with zero attached hydrogens (tertiary/aromatic N) is 6. The van der Waals surface area contributed by atoms with Crippen LogP contribution < -0.4 is 10.2 Å². The van der Waals surface area contributed by atoms with Crippen molar-refractivity contribution in [3.8, 4) is 11.4 Å². The summed E-state index contributed by atoms with van der Waals surface area (Å²) in [6.07, 6.45) is 3.39. The zero-order valence-electron chi connectivity index (χ0n) is 17.0. The van der Waals surface area contributed by atoms with Crippen LogP contribution in [0.3, 0.4) is 0 Å². The highest BCUT2D eigenvalue weighted by Crippen LogP contribution is 2.30. The van der Waals surface area contributed by atoms with Crippen molar-refractivity contribution in [1.82, 2.24) is 30.3 Å². The van der Waals surface area contributed by atoms with E-state index in [0.29, 0.717) is 33.6 Å². The van der Waals surface area contributed by atoms with Gasteiger partial charge in [-0.3, -0.25) is 15.0 Å². The van der Waals surface area contributed by atoms with E-state index in [1.807, 2.05) is 31.3 Å². The van der Waals surface area contributed by atoms with E-state index in [9.17, 15) is 0 Å². The molecule has 10 heteroatoms. The molecule has 0 aliphatic rings. The van der Waals surface area contributed by atoms with Crippen molar-refractivity contribution in [3.63, 3.8) is 0 Å². The van der Waals surface area contributed by atoms with Crippen molar-refractivity contribution < 1.29 is 4.52 Å². The van der Waals surface area contributed by atoms with Crippen LogP contribution in [0.1, 0.15) is 26.5 Å². The Bertz CT molecular complexity index is 1150. The third-order valence-electron chi connectivity index (χ3n) is 4.42. The van der Waals surface area contributed by atoms with E-state index in [-0.39, 0.29) is 5.41 Å². The summed E-state index contributed by atoms with van der Waals surface area (Å²) in [5.41, 5.74) is 2.36. The van der Waals surface area contributed by atoms with Gasteiger partial charge in [0.1, 0.15) is 5.69 Å². The molecule has 0 saturated heterocycles. The van der Waals surface area contributed by atoms with Crippen LogP contribution in [-0.2, 0) is 5.41 Å². The number of halogens is 1. The van der Waals surface area contributed by atoms with Crippen LogP contribution in [0.15, 0.2) is 51.7 Å². The molecular formula is C20H21BrN8O. The fraction of sp³-hybridized carbons (Fsp3) is 0.250. The molecule has 0 atom stereocenters. The van der Waals surface area contributed by atoms with Gasteiger partial charge in [0.25, 0.3) is 0 Å². The maximum Gasteiger partial charge on any atom is 0.234 e. The van der Waals surface area contributed by atoms with Gasteiger partial charge >= 0.3 is 0 Å². The molecule has 4 aromatic heterocycles. The molecule has 0 unspecified atom stereocenters. The lowest BCUT2D eigenvalue weighted by Crippen LogP contribution is -2.13. The fourth-order valence-corrected chi connectivity index (χ4v) is 2.95. The van der Waals surface area contributed by atoms with E-state index in [2.05, 4.69) is 72.3 Å². The summed E-state index contributed by atoms with van der Waals surface area (Å²) in [7, 11) is 1.81. The van der Waals surface area contributed by atoms with Gasteiger partial charge < -0.3 is 9.84 Å². The number of aromatic nitrogens is 6. The zero-order valence-corrected chi connectivity index (χ0v) is 18.6. The molecular weight excluding hydrogens is 448 g/mol. The molecule has 2 N–H and O–H groups in total. The first kappa shape index (κ1) is 20.0. The van der Waals surface area contributed by atoms with Crippen LogP contribution in [0.5, 0.6) is 0 Å². The summed E-state index contributed by atoms with van der Waals surface area (Å²) >= 11 is 3.49. The first-order valence-electron chi connectivity index (χ1n) is 9.28. The lowest BCUT2D eigenvalue weighted by Gasteiger charge is -2.15. The van der Waals surface area contributed by atoms with Gasteiger partial charge in [0.15, 0.2) is 11.6 Å². The predicted molar refractivity (Wildman–Crippen MR) is 118 cm³/mol. The Morgan fingerprint density at radius 2 is 1.97 bits per heavy atom. The minimum atomic E-state index is -0.0290. The van der Waals surface area contributed by atoms with E-state index in [4.69, 9.17) is 4.52 Å². The summed E-state index contributed by atoms with van der Waals surface area (Å²) < 4.78 is 6.19. The fourth-order valence-electron chi connectivity index (χ4n) is 2.66. The molecule has 0 aliphatic heterocycles. The molecule has 0 aliphatic carbocycles. The van der Waals surface area contributed by atoms with Crippen LogP contribution in [0, 0.1) is 0 Å². The SMILES string of the molecule is CN(c1ncc(Br)c(Nc2cc(C(C)(C)C)[nH]n2)n1)c1cc(-c2ccccn2)no1. The van der Waals surface area contributed by atoms with Crippen molar-refractivity contribution in [1.29, 1.82) is 0 Å². The maximum absolute atomic E-state index is 5.47. The van der Waals surface area contributed by atoms with Gasteiger partial charge in [-0.1, -0.05) is 32.0 Å². The standard InChI is InChI=1S/C20H21BrN8O/c1-20(2,3)15-10-16(27-26-15)24-18-12(21)11-23-19(25-18)29(4)17-9-14(28-30-17)13-7-5-6-8-22-13/h5-11H,1-4H3,(H2,23,24,25,26,27). The topological polar surface area (TPSA) is 109 Å². The van der Waals surface area contributed by atoms with E-state index in [1.54, 1.807) is 23.4 Å². The Morgan fingerprint density at radius 3 is 2.67 bits per heavy atom. The molecule has 4 heterocycles. The molecule has 0 bridgehead atoms. The maximum atomic E-state index is 5.47. The molecule has 0 amide bonds. The Balaban J connectivity index is 1.57. The summed E-state index contributed by atoms with van der Waals surface area (Å²) in [6.45, 7) is 6.36. The highest BCUT2D eigenvalue weighted by atomic mass is 79.9. The molecule has 0 saturated carbocycles. The van der Waals surface area contributed by atoms with Crippen molar-refractivity contribution in [2.75, 3.05) is 17.3 Å². The zero-order chi connectivity index (χ0) is 21.3. The van der Waals surface area contributed by atoms with Gasteiger partial charge in [-0.25, -0.2) is 4.98 Å². The van der Waals surface area contributed by atoms with Crippen LogP contribution in [0.2, 0.25) is 0 Å². The van der Waals surface area contributed by atoms with Crippen molar-refractivity contribution in [3.05, 3.63) is 52.9 Å². The number of hydrogen-bond donors (Lipinski definition) is 2. The summed E-state index contributed by atoms with van der Waals surface area (Å²) in [5.74, 6) is 2.20. The van der Waals surface area contributed by atoms with E-state index in [1.165, 1.54) is 0 Å². The first-order valence-corrected chi connectivity index (χ1v) is 10.1. The quantitative estimate of drug-likeness (QED) is 0.428. The summed E-state index contributed by atoms with van der Waals surface area (Å²) in [4.78, 5) is 15.0. The average Bonchev–Trinajstić information content (AvgIpc) is 3.39. The van der Waals surface area contributed by atoms with Crippen LogP contribution >= 0.6 is 15.9 Å². The average molecular weight is 469 g/mol. The van der Waals surface area contributed by atoms with Gasteiger partial charge in [-0.2, -0.15) is 10.1 Å². The first-order chi connectivity index (χ1) is 14.3. The Morgan fingerprint density at radius 1 is 1.13 bits per heavy atom. The van der Waals surface area contributed by atoms with Gasteiger partial charge in [-0.15, -0.1) is 0 Å². The predicted octanol–water partition coefficient (Wildman–Crippen LogP) is 4.82. The van der Waals surface area contributed by atoms with Crippen LogP contribution in [0.4, 0.5) is 23.5 Å². The second-order valence-electron chi connectivity index (χ2n) is 7.73. The molecule has 30 heavy (non-hydrogen) atoms. The van der Waals surface area contributed by atoms with Gasteiger partial charge in [0.05, 0.1) is 10.2 Å². The molecule has 0 fully saturated rings. The van der Waals surface area contributed by atoms with Crippen LogP contribution in [0.25, 0.3) is 11.4 Å². The number of rotatable bonds is 5. The van der Waals surface area contributed by atoms with E-state index >= 15 is 0 Å². The normalized spacial score (nSPS) is 11.5. The third-order valence-corrected chi connectivity index (χ3v) is 5.00. The lowest BCUT2D eigenvalue weighted by atomic mass is 9.92. The highest BCUT2D eigenvalue weighted by Gasteiger charge is 2.19. The van der Waals surface area contributed by atoms with Crippen molar-refractivity contribution in [2.24, 2.45) is 0 Å². The smallest absolute Gasteiger partial charge is 0.234 e.